The van der Waals surface area contributed by atoms with E-state index < -0.39 is 0 Å². The van der Waals surface area contributed by atoms with Crippen molar-refractivity contribution in [1.82, 2.24) is 0 Å². The maximum Gasteiger partial charge on any atom is 0.123 e. The summed E-state index contributed by atoms with van der Waals surface area (Å²) in [6, 6.07) is 6.38. The van der Waals surface area contributed by atoms with E-state index in [1.807, 2.05) is 6.08 Å². The molecule has 134 valence electrons. The lowest BCUT2D eigenvalue weighted by Gasteiger charge is -2.37. The van der Waals surface area contributed by atoms with Crippen molar-refractivity contribution in [2.24, 2.45) is 23.7 Å². The molecule has 0 heterocycles. The molecule has 2 saturated carbocycles. The van der Waals surface area contributed by atoms with Gasteiger partial charge >= 0.3 is 0 Å². The van der Waals surface area contributed by atoms with Crippen LogP contribution in [0, 0.1) is 41.3 Å². The third-order valence-corrected chi connectivity index (χ3v) is 6.46. The Hall–Kier alpha value is -1.55. The van der Waals surface area contributed by atoms with Gasteiger partial charge in [-0.3, -0.25) is 0 Å². The predicted octanol–water partition coefficient (Wildman–Crippen LogP) is 6.76. The van der Waals surface area contributed by atoms with Crippen LogP contribution in [-0.2, 0) is 0 Å². The smallest absolute Gasteiger partial charge is 0.123 e. The van der Waals surface area contributed by atoms with Gasteiger partial charge in [-0.1, -0.05) is 44.1 Å². The molecule has 0 unspecified atom stereocenters. The lowest BCUT2D eigenvalue weighted by atomic mass is 9.69. The summed E-state index contributed by atoms with van der Waals surface area (Å²) in [5, 5.41) is 0. The van der Waals surface area contributed by atoms with E-state index in [-0.39, 0.29) is 5.82 Å². The molecule has 0 amide bonds. The molecule has 1 heteroatoms. The van der Waals surface area contributed by atoms with Crippen LogP contribution in [0.2, 0.25) is 0 Å². The number of benzene rings is 1. The van der Waals surface area contributed by atoms with Crippen LogP contribution in [0.15, 0.2) is 36.4 Å². The highest BCUT2D eigenvalue weighted by atomic mass is 19.1. The van der Waals surface area contributed by atoms with E-state index >= 15 is 0 Å². The highest BCUT2D eigenvalue weighted by Gasteiger charge is 2.29. The lowest BCUT2D eigenvalue weighted by Crippen LogP contribution is -2.25. The largest absolute Gasteiger partial charge is 0.207 e. The van der Waals surface area contributed by atoms with Gasteiger partial charge in [0.05, 0.1) is 0 Å². The first-order valence-corrected chi connectivity index (χ1v) is 10.2. The SMILES string of the molecule is CCC1CCC(C2CCC(/C=C/C#Cc3ccc(F)cc3)CC2)CC1. The van der Waals surface area contributed by atoms with Crippen molar-refractivity contribution in [3.05, 3.63) is 47.8 Å². The zero-order valence-corrected chi connectivity index (χ0v) is 15.5. The second kappa shape index (κ2) is 9.23. The molecular weight excluding hydrogens is 307 g/mol. The molecule has 2 aliphatic rings. The molecule has 1 aromatic rings. The van der Waals surface area contributed by atoms with E-state index in [1.165, 1.54) is 69.9 Å². The van der Waals surface area contributed by atoms with Crippen molar-refractivity contribution >= 4 is 0 Å². The van der Waals surface area contributed by atoms with E-state index in [4.69, 9.17) is 0 Å². The molecule has 3 rings (SSSR count). The molecule has 0 radical (unpaired) electrons. The maximum atomic E-state index is 12.9. The van der Waals surface area contributed by atoms with E-state index in [1.54, 1.807) is 12.1 Å². The zero-order valence-electron chi connectivity index (χ0n) is 15.5. The van der Waals surface area contributed by atoms with Crippen molar-refractivity contribution in [1.29, 1.82) is 0 Å². The van der Waals surface area contributed by atoms with Gasteiger partial charge in [-0.15, -0.1) is 0 Å². The Kier molecular flexibility index (Phi) is 6.74. The van der Waals surface area contributed by atoms with Crippen molar-refractivity contribution < 1.29 is 4.39 Å². The Morgan fingerprint density at radius 3 is 2.12 bits per heavy atom. The third kappa shape index (κ3) is 5.46. The molecule has 2 aliphatic carbocycles. The molecule has 0 atom stereocenters. The van der Waals surface area contributed by atoms with Gasteiger partial charge in [-0.25, -0.2) is 4.39 Å². The molecule has 2 fully saturated rings. The molecule has 1 aromatic carbocycles. The second-order valence-electron chi connectivity index (χ2n) is 8.00. The van der Waals surface area contributed by atoms with Gasteiger partial charge in [0.1, 0.15) is 5.82 Å². The van der Waals surface area contributed by atoms with Gasteiger partial charge in [0.2, 0.25) is 0 Å². The number of rotatable bonds is 3. The Morgan fingerprint density at radius 2 is 1.52 bits per heavy atom. The van der Waals surface area contributed by atoms with Crippen LogP contribution in [0.3, 0.4) is 0 Å². The summed E-state index contributed by atoms with van der Waals surface area (Å²) in [5.41, 5.74) is 0.873. The van der Waals surface area contributed by atoms with Crippen molar-refractivity contribution in [2.75, 3.05) is 0 Å². The number of halogens is 1. The number of allylic oxidation sites excluding steroid dienone is 2. The summed E-state index contributed by atoms with van der Waals surface area (Å²) in [5.74, 6) is 9.67. The summed E-state index contributed by atoms with van der Waals surface area (Å²) >= 11 is 0. The second-order valence-corrected chi connectivity index (χ2v) is 8.00. The summed E-state index contributed by atoms with van der Waals surface area (Å²) < 4.78 is 12.9. The highest BCUT2D eigenvalue weighted by Crippen LogP contribution is 2.42. The molecule has 0 N–H and O–H groups in total. The fraction of sp³-hybridized carbons (Fsp3) is 0.583. The van der Waals surface area contributed by atoms with E-state index in [0.717, 1.165) is 23.3 Å². The summed E-state index contributed by atoms with van der Waals surface area (Å²) in [6.45, 7) is 2.35. The minimum Gasteiger partial charge on any atom is -0.207 e. The Bertz CT molecular complexity index is 600. The Labute approximate surface area is 152 Å². The fourth-order valence-corrected chi connectivity index (χ4v) is 4.72. The van der Waals surface area contributed by atoms with Crippen LogP contribution < -0.4 is 0 Å². The van der Waals surface area contributed by atoms with Crippen LogP contribution >= 0.6 is 0 Å². The molecule has 0 saturated heterocycles. The van der Waals surface area contributed by atoms with Gasteiger partial charge in [-0.2, -0.15) is 0 Å². The van der Waals surface area contributed by atoms with E-state index in [0.29, 0.717) is 5.92 Å². The summed E-state index contributed by atoms with van der Waals surface area (Å²) in [4.78, 5) is 0. The van der Waals surface area contributed by atoms with Crippen molar-refractivity contribution in [3.8, 4) is 11.8 Å². The average molecular weight is 339 g/mol. The van der Waals surface area contributed by atoms with E-state index in [9.17, 15) is 4.39 Å². The molecule has 0 spiro atoms. The minimum atomic E-state index is -0.207. The Morgan fingerprint density at radius 1 is 0.920 bits per heavy atom. The van der Waals surface area contributed by atoms with Gasteiger partial charge in [0.25, 0.3) is 0 Å². The predicted molar refractivity (Wildman–Crippen MR) is 104 cm³/mol. The first-order valence-electron chi connectivity index (χ1n) is 10.2. The van der Waals surface area contributed by atoms with Gasteiger partial charge < -0.3 is 0 Å². The maximum absolute atomic E-state index is 12.9. The standard InChI is InChI=1S/C24H31F/c1-2-19-7-13-22(14-8-19)23-15-9-20(10-16-23)5-3-4-6-21-11-17-24(25)18-12-21/h3,5,11-12,17-20,22-23H,2,7-10,13-16H2,1H3/b5-3+. The first-order chi connectivity index (χ1) is 12.2. The normalized spacial score (nSPS) is 30.0. The highest BCUT2D eigenvalue weighted by molar-refractivity contribution is 5.36. The molecule has 0 aromatic heterocycles. The van der Waals surface area contributed by atoms with Gasteiger partial charge in [0.15, 0.2) is 0 Å². The summed E-state index contributed by atoms with van der Waals surface area (Å²) in [6.07, 6.45) is 17.0. The lowest BCUT2D eigenvalue weighted by molar-refractivity contribution is 0.154. The van der Waals surface area contributed by atoms with Crippen LogP contribution in [0.4, 0.5) is 4.39 Å². The number of hydrogen-bond acceptors (Lipinski definition) is 0. The van der Waals surface area contributed by atoms with Crippen LogP contribution in [0.25, 0.3) is 0 Å². The minimum absolute atomic E-state index is 0.207. The third-order valence-electron chi connectivity index (χ3n) is 6.46. The van der Waals surface area contributed by atoms with Crippen molar-refractivity contribution in [2.45, 2.75) is 64.7 Å². The molecule has 0 aliphatic heterocycles. The average Bonchev–Trinajstić information content (AvgIpc) is 2.67. The topological polar surface area (TPSA) is 0 Å². The van der Waals surface area contributed by atoms with Gasteiger partial charge in [-0.05, 0) is 92.5 Å². The number of hydrogen-bond donors (Lipinski definition) is 0. The monoisotopic (exact) mass is 338 g/mol. The summed E-state index contributed by atoms with van der Waals surface area (Å²) in [7, 11) is 0. The molecule has 25 heavy (non-hydrogen) atoms. The van der Waals surface area contributed by atoms with Crippen LogP contribution in [0.1, 0.15) is 70.3 Å². The first kappa shape index (κ1) is 18.2. The Balaban J connectivity index is 1.41. The quantitative estimate of drug-likeness (QED) is 0.534. The fourth-order valence-electron chi connectivity index (χ4n) is 4.72. The molecular formula is C24H31F. The van der Waals surface area contributed by atoms with Crippen LogP contribution in [-0.4, -0.2) is 0 Å². The molecule has 0 bridgehead atoms. The molecule has 0 nitrogen and oxygen atoms in total. The zero-order chi connectivity index (χ0) is 17.5. The van der Waals surface area contributed by atoms with Crippen molar-refractivity contribution in [3.63, 3.8) is 0 Å². The van der Waals surface area contributed by atoms with Gasteiger partial charge in [0, 0.05) is 5.56 Å². The van der Waals surface area contributed by atoms with E-state index in [2.05, 4.69) is 24.8 Å². The van der Waals surface area contributed by atoms with Crippen LogP contribution in [0.5, 0.6) is 0 Å².